The lowest BCUT2D eigenvalue weighted by Crippen LogP contribution is -2.60. The van der Waals surface area contributed by atoms with Gasteiger partial charge in [-0.1, -0.05) is 110 Å². The molecule has 8 heteroatoms. The number of carbonyl (C=O) groups excluding carboxylic acids is 4. The van der Waals surface area contributed by atoms with Gasteiger partial charge in [0.2, 0.25) is 0 Å². The molecular weight excluding hydrogens is 668 g/mol. The second kappa shape index (κ2) is 23.8. The van der Waals surface area contributed by atoms with Crippen LogP contribution in [0.25, 0.3) is 0 Å². The molecule has 4 rings (SSSR count). The molecule has 4 aliphatic carbocycles. The average molecular weight is 741 g/mol. The Morgan fingerprint density at radius 2 is 1.49 bits per heavy atom. The summed E-state index contributed by atoms with van der Waals surface area (Å²) >= 11 is 0. The standard InChI is InChI=1S/C42H62O8.C2H6.CH4/c1-3-4-5-6-7-8-9-10-11-12-13-14-15-16-17-18-27-49-38(46)23-24-39(47)50-30-37(45)35-22-21-34-33-20-19-31-28-32(43)25-26-41(31,2)40(33)36(44)29-42(34,35)48;1-2;/h7-8,10-11,25-26,28,33-36,40,44,48H,3-6,9,12-24,27,29-30H2,1-2H3;1-2H3;1H4/b8-7-,11-10-;;/t33?,34?,35-,36?,40?,41?,42?;;/m1../s1. The number of aliphatic hydroxyl groups is 2. The molecule has 3 saturated carbocycles. The van der Waals surface area contributed by atoms with Crippen LogP contribution in [0.3, 0.4) is 0 Å². The lowest BCUT2D eigenvalue weighted by Gasteiger charge is -2.57. The van der Waals surface area contributed by atoms with Crippen molar-refractivity contribution in [1.29, 1.82) is 0 Å². The molecule has 0 aromatic carbocycles. The number of esters is 2. The summed E-state index contributed by atoms with van der Waals surface area (Å²) in [4.78, 5) is 49.8. The van der Waals surface area contributed by atoms with Gasteiger partial charge < -0.3 is 19.7 Å². The minimum atomic E-state index is -1.36. The van der Waals surface area contributed by atoms with E-state index in [-0.39, 0.29) is 56.0 Å². The number of rotatable bonds is 21. The molecule has 300 valence electrons. The predicted molar refractivity (Wildman–Crippen MR) is 212 cm³/mol. The number of ketones is 2. The van der Waals surface area contributed by atoms with Crippen LogP contribution in [0.2, 0.25) is 0 Å². The Kier molecular flexibility index (Phi) is 20.8. The Hall–Kier alpha value is -2.84. The zero-order valence-electron chi connectivity index (χ0n) is 32.6. The Labute approximate surface area is 320 Å². The van der Waals surface area contributed by atoms with Crippen molar-refractivity contribution in [3.8, 4) is 0 Å². The van der Waals surface area contributed by atoms with Crippen LogP contribution in [-0.2, 0) is 28.7 Å². The number of ether oxygens (including phenoxy) is 2. The molecule has 0 aromatic rings. The molecule has 0 saturated heterocycles. The highest BCUT2D eigenvalue weighted by Gasteiger charge is 2.64. The molecule has 0 radical (unpaired) electrons. The molecule has 0 aromatic heterocycles. The van der Waals surface area contributed by atoms with Crippen LogP contribution in [-0.4, -0.2) is 58.6 Å². The van der Waals surface area contributed by atoms with E-state index in [1.54, 1.807) is 12.2 Å². The summed E-state index contributed by atoms with van der Waals surface area (Å²) in [7, 11) is 0. The second-order valence-corrected chi connectivity index (χ2v) is 15.3. The Bertz CT molecular complexity index is 1280. The van der Waals surface area contributed by atoms with Crippen molar-refractivity contribution in [2.24, 2.45) is 29.1 Å². The van der Waals surface area contributed by atoms with Crippen molar-refractivity contribution in [2.45, 2.75) is 169 Å². The summed E-state index contributed by atoms with van der Waals surface area (Å²) in [6.07, 6.45) is 29.5. The Balaban J connectivity index is 0.00000318. The number of allylic oxidation sites excluding steroid dienone is 8. The summed E-state index contributed by atoms with van der Waals surface area (Å²) in [5.41, 5.74) is -0.769. The van der Waals surface area contributed by atoms with Crippen molar-refractivity contribution in [3.63, 3.8) is 0 Å². The van der Waals surface area contributed by atoms with Crippen LogP contribution in [0, 0.1) is 29.1 Å². The molecular formula is C45H72O8. The quantitative estimate of drug-likeness (QED) is 0.0677. The second-order valence-electron chi connectivity index (χ2n) is 15.3. The van der Waals surface area contributed by atoms with Gasteiger partial charge in [-0.15, -0.1) is 0 Å². The molecule has 4 aliphatic rings. The van der Waals surface area contributed by atoms with E-state index in [1.165, 1.54) is 44.9 Å². The number of Topliss-reactive ketones (excluding diaryl/α,β-unsaturated/α-hetero) is 1. The number of carbonyl (C=O) groups is 4. The highest BCUT2D eigenvalue weighted by atomic mass is 16.5. The van der Waals surface area contributed by atoms with E-state index >= 15 is 0 Å². The summed E-state index contributed by atoms with van der Waals surface area (Å²) < 4.78 is 10.5. The van der Waals surface area contributed by atoms with Crippen LogP contribution in [0.5, 0.6) is 0 Å². The number of fused-ring (bicyclic) bond motifs is 5. The zero-order valence-corrected chi connectivity index (χ0v) is 32.6. The van der Waals surface area contributed by atoms with Crippen LogP contribution in [0.15, 0.2) is 48.1 Å². The minimum absolute atomic E-state index is 0. The fourth-order valence-electron chi connectivity index (χ4n) is 9.25. The smallest absolute Gasteiger partial charge is 0.306 e. The SMILES string of the molecule is C.CC.CCCCC/C=C\C/C=C\CCCCCCCCOC(=O)CCC(=O)OCC(=O)[C@H]1CCC2C3CCC4=CC(=O)C=CC4(C)C3C(O)CC21O. The minimum Gasteiger partial charge on any atom is -0.466 e. The monoisotopic (exact) mass is 741 g/mol. The summed E-state index contributed by atoms with van der Waals surface area (Å²) in [5.74, 6) is -2.46. The largest absolute Gasteiger partial charge is 0.466 e. The number of unbranched alkanes of at least 4 members (excludes halogenated alkanes) is 9. The van der Waals surface area contributed by atoms with E-state index in [4.69, 9.17) is 9.47 Å². The first-order valence-corrected chi connectivity index (χ1v) is 20.6. The fraction of sp³-hybridized carbons (Fsp3) is 0.733. The van der Waals surface area contributed by atoms with Gasteiger partial charge >= 0.3 is 11.9 Å². The van der Waals surface area contributed by atoms with Gasteiger partial charge in [-0.2, -0.15) is 0 Å². The number of aliphatic hydroxyl groups excluding tert-OH is 1. The van der Waals surface area contributed by atoms with E-state index < -0.39 is 41.6 Å². The first-order chi connectivity index (χ1) is 25.1. The van der Waals surface area contributed by atoms with Gasteiger partial charge in [0.25, 0.3) is 0 Å². The van der Waals surface area contributed by atoms with Crippen LogP contribution in [0.1, 0.15) is 157 Å². The van der Waals surface area contributed by atoms with Crippen LogP contribution in [0.4, 0.5) is 0 Å². The van der Waals surface area contributed by atoms with Crippen molar-refractivity contribution in [2.75, 3.05) is 13.2 Å². The molecule has 7 atom stereocenters. The van der Waals surface area contributed by atoms with Crippen molar-refractivity contribution < 1.29 is 38.9 Å². The van der Waals surface area contributed by atoms with Gasteiger partial charge in [0.05, 0.1) is 37.1 Å². The molecule has 0 spiro atoms. The summed E-state index contributed by atoms with van der Waals surface area (Å²) in [6, 6.07) is 0. The molecule has 0 heterocycles. The van der Waals surface area contributed by atoms with Gasteiger partial charge in [0.1, 0.15) is 6.61 Å². The van der Waals surface area contributed by atoms with Crippen LogP contribution < -0.4 is 0 Å². The van der Waals surface area contributed by atoms with Crippen molar-refractivity contribution >= 4 is 23.5 Å². The predicted octanol–water partition coefficient (Wildman–Crippen LogP) is 9.52. The molecule has 0 bridgehead atoms. The highest BCUT2D eigenvalue weighted by Crippen LogP contribution is 2.63. The molecule has 0 aliphatic heterocycles. The summed E-state index contributed by atoms with van der Waals surface area (Å²) in [5, 5.41) is 23.3. The van der Waals surface area contributed by atoms with E-state index in [9.17, 15) is 29.4 Å². The highest BCUT2D eigenvalue weighted by molar-refractivity contribution is 6.01. The molecule has 53 heavy (non-hydrogen) atoms. The van der Waals surface area contributed by atoms with E-state index in [1.807, 2.05) is 19.9 Å². The normalized spacial score (nSPS) is 28.6. The average Bonchev–Trinajstić information content (AvgIpc) is 3.48. The third-order valence-electron chi connectivity index (χ3n) is 11.9. The van der Waals surface area contributed by atoms with Gasteiger partial charge in [0, 0.05) is 17.8 Å². The molecule has 0 amide bonds. The van der Waals surface area contributed by atoms with E-state index in [0.717, 1.165) is 50.5 Å². The number of hydrogen-bond donors (Lipinski definition) is 2. The third kappa shape index (κ3) is 13.2. The van der Waals surface area contributed by atoms with Crippen molar-refractivity contribution in [1.82, 2.24) is 0 Å². The topological polar surface area (TPSA) is 127 Å². The maximum atomic E-state index is 13.3. The maximum absolute atomic E-state index is 13.3. The van der Waals surface area contributed by atoms with Crippen LogP contribution >= 0.6 is 0 Å². The van der Waals surface area contributed by atoms with E-state index in [2.05, 4.69) is 38.2 Å². The first kappa shape index (κ1) is 46.3. The molecule has 3 fully saturated rings. The summed E-state index contributed by atoms with van der Waals surface area (Å²) in [6.45, 7) is 8.17. The van der Waals surface area contributed by atoms with E-state index in [0.29, 0.717) is 19.4 Å². The fourth-order valence-corrected chi connectivity index (χ4v) is 9.25. The zero-order chi connectivity index (χ0) is 38.0. The molecule has 2 N–H and O–H groups in total. The lowest BCUT2D eigenvalue weighted by molar-refractivity contribution is -0.175. The Morgan fingerprint density at radius 1 is 0.868 bits per heavy atom. The third-order valence-corrected chi connectivity index (χ3v) is 11.9. The van der Waals surface area contributed by atoms with Gasteiger partial charge in [-0.3, -0.25) is 19.2 Å². The lowest BCUT2D eigenvalue weighted by atomic mass is 9.49. The molecule has 6 unspecified atom stereocenters. The molecule has 8 nitrogen and oxygen atoms in total. The van der Waals surface area contributed by atoms with Gasteiger partial charge in [-0.05, 0) is 88.2 Å². The van der Waals surface area contributed by atoms with Crippen molar-refractivity contribution in [3.05, 3.63) is 48.1 Å². The Morgan fingerprint density at radius 3 is 2.17 bits per heavy atom. The van der Waals surface area contributed by atoms with Gasteiger partial charge in [-0.25, -0.2) is 0 Å². The first-order valence-electron chi connectivity index (χ1n) is 20.6. The number of hydrogen-bond acceptors (Lipinski definition) is 8. The maximum Gasteiger partial charge on any atom is 0.306 e. The van der Waals surface area contributed by atoms with Gasteiger partial charge in [0.15, 0.2) is 11.6 Å².